The molecule has 2 heterocycles. The Bertz CT molecular complexity index is 3000. The van der Waals surface area contributed by atoms with E-state index in [2.05, 4.69) is 250 Å². The molecule has 2 aromatic heterocycles. The lowest BCUT2D eigenvalue weighted by Crippen LogP contribution is -2.13. The third kappa shape index (κ3) is 5.84. The molecule has 11 rings (SSSR count). The van der Waals surface area contributed by atoms with Crippen molar-refractivity contribution >= 4 is 77.7 Å². The maximum Gasteiger partial charge on any atom is 0.0541 e. The van der Waals surface area contributed by atoms with Gasteiger partial charge in [0.15, 0.2) is 0 Å². The van der Waals surface area contributed by atoms with Gasteiger partial charge in [0.05, 0.1) is 22.1 Å². The molecule has 0 unspecified atom stereocenters. The van der Waals surface area contributed by atoms with Gasteiger partial charge in [-0.3, -0.25) is 0 Å². The maximum atomic E-state index is 2.37. The first-order valence-electron chi connectivity index (χ1n) is 20.2. The fourth-order valence-corrected chi connectivity index (χ4v) is 8.92. The quantitative estimate of drug-likeness (QED) is 0.153. The summed E-state index contributed by atoms with van der Waals surface area (Å²) in [6.45, 7) is 2.17. The van der Waals surface area contributed by atoms with Crippen molar-refractivity contribution in [2.45, 2.75) is 6.92 Å². The lowest BCUT2D eigenvalue weighted by Gasteiger charge is -2.29. The number of para-hydroxylation sites is 6. The van der Waals surface area contributed by atoms with Crippen molar-refractivity contribution in [2.75, 3.05) is 9.80 Å². The first-order valence-corrected chi connectivity index (χ1v) is 20.2. The smallest absolute Gasteiger partial charge is 0.0541 e. The molecule has 0 aliphatic carbocycles. The number of anilines is 6. The zero-order valence-electron chi connectivity index (χ0n) is 32.7. The van der Waals surface area contributed by atoms with Crippen LogP contribution < -0.4 is 9.80 Å². The van der Waals surface area contributed by atoms with Crippen molar-refractivity contribution in [2.24, 2.45) is 0 Å². The molecule has 0 spiro atoms. The third-order valence-corrected chi connectivity index (χ3v) is 11.6. The molecule has 0 radical (unpaired) electrons. The average Bonchev–Trinajstić information content (AvgIpc) is 3.82. The molecule has 0 fully saturated rings. The predicted octanol–water partition coefficient (Wildman–Crippen LogP) is 15.1. The molecule has 280 valence electrons. The Morgan fingerprint density at radius 1 is 0.271 bits per heavy atom. The molecule has 4 nitrogen and oxygen atoms in total. The molecule has 0 atom stereocenters. The summed E-state index contributed by atoms with van der Waals surface area (Å²) in [6.07, 6.45) is 0. The van der Waals surface area contributed by atoms with Crippen molar-refractivity contribution in [3.63, 3.8) is 0 Å². The predicted molar refractivity (Wildman–Crippen MR) is 249 cm³/mol. The molecule has 11 aromatic rings. The van der Waals surface area contributed by atoms with E-state index < -0.39 is 0 Å². The second-order valence-electron chi connectivity index (χ2n) is 15.1. The van der Waals surface area contributed by atoms with E-state index in [0.29, 0.717) is 0 Å². The topological polar surface area (TPSA) is 16.3 Å². The van der Waals surface area contributed by atoms with Gasteiger partial charge < -0.3 is 18.9 Å². The van der Waals surface area contributed by atoms with E-state index in [0.717, 1.165) is 45.5 Å². The van der Waals surface area contributed by atoms with Crippen LogP contribution in [0.3, 0.4) is 0 Å². The van der Waals surface area contributed by atoms with Gasteiger partial charge in [0, 0.05) is 67.0 Å². The van der Waals surface area contributed by atoms with Gasteiger partial charge >= 0.3 is 0 Å². The standard InChI is InChI=1S/C55H40N4/c1-39-15-5-10-22-51(39)57(40-16-3-2-4-17-40)44-33-27-41(28-34-44)56(42-29-35-45(36-30-42)58-52-23-11-6-18-47(52)48-19-7-12-24-53(48)58)43-31-37-46(38-32-43)59-54-25-13-8-20-49(54)50-21-9-14-26-55(50)59/h2-38H,1H3. The average molecular weight is 757 g/mol. The number of fused-ring (bicyclic) bond motifs is 6. The van der Waals surface area contributed by atoms with Gasteiger partial charge in [-0.05, 0) is 128 Å². The highest BCUT2D eigenvalue weighted by Crippen LogP contribution is 2.41. The van der Waals surface area contributed by atoms with Crippen molar-refractivity contribution < 1.29 is 0 Å². The molecule has 0 bridgehead atoms. The van der Waals surface area contributed by atoms with Crippen LogP contribution in [0.4, 0.5) is 34.1 Å². The van der Waals surface area contributed by atoms with Crippen molar-refractivity contribution in [1.29, 1.82) is 0 Å². The van der Waals surface area contributed by atoms with Crippen molar-refractivity contribution in [3.05, 3.63) is 230 Å². The van der Waals surface area contributed by atoms with Crippen molar-refractivity contribution in [3.8, 4) is 11.4 Å². The highest BCUT2D eigenvalue weighted by molar-refractivity contribution is 6.10. The number of aromatic nitrogens is 2. The lowest BCUT2D eigenvalue weighted by atomic mass is 10.1. The molecule has 0 N–H and O–H groups in total. The fraction of sp³-hybridized carbons (Fsp3) is 0.0182. The van der Waals surface area contributed by atoms with Crippen LogP contribution in [0.15, 0.2) is 224 Å². The van der Waals surface area contributed by atoms with Crippen LogP contribution in [0.1, 0.15) is 5.56 Å². The van der Waals surface area contributed by atoms with Crippen LogP contribution in [0.25, 0.3) is 55.0 Å². The summed E-state index contributed by atoms with van der Waals surface area (Å²) in [5.74, 6) is 0. The Labute approximate surface area is 343 Å². The Balaban J connectivity index is 1.03. The normalized spacial score (nSPS) is 11.5. The van der Waals surface area contributed by atoms with Crippen LogP contribution in [0.5, 0.6) is 0 Å². The highest BCUT2D eigenvalue weighted by atomic mass is 15.2. The zero-order chi connectivity index (χ0) is 39.3. The largest absolute Gasteiger partial charge is 0.310 e. The zero-order valence-corrected chi connectivity index (χ0v) is 32.7. The van der Waals surface area contributed by atoms with Crippen LogP contribution >= 0.6 is 0 Å². The number of hydrogen-bond acceptors (Lipinski definition) is 2. The first kappa shape index (κ1) is 34.4. The molecule has 4 heteroatoms. The maximum absolute atomic E-state index is 2.37. The van der Waals surface area contributed by atoms with Gasteiger partial charge in [-0.25, -0.2) is 0 Å². The minimum Gasteiger partial charge on any atom is -0.310 e. The molecule has 0 aliphatic rings. The van der Waals surface area contributed by atoms with E-state index in [-0.39, 0.29) is 0 Å². The first-order chi connectivity index (χ1) is 29.2. The van der Waals surface area contributed by atoms with Gasteiger partial charge in [0.2, 0.25) is 0 Å². The summed E-state index contributed by atoms with van der Waals surface area (Å²) < 4.78 is 4.75. The summed E-state index contributed by atoms with van der Waals surface area (Å²) in [6, 6.07) is 80.8. The monoisotopic (exact) mass is 756 g/mol. The molecule has 0 aliphatic heterocycles. The summed E-state index contributed by atoms with van der Waals surface area (Å²) in [4.78, 5) is 4.69. The Hall–Kier alpha value is -7.82. The second kappa shape index (κ2) is 14.3. The van der Waals surface area contributed by atoms with Crippen molar-refractivity contribution in [1.82, 2.24) is 9.13 Å². The van der Waals surface area contributed by atoms with Gasteiger partial charge in [0.1, 0.15) is 0 Å². The minimum atomic E-state index is 1.07. The van der Waals surface area contributed by atoms with Crippen LogP contribution in [-0.4, -0.2) is 9.13 Å². The minimum absolute atomic E-state index is 1.07. The Kier molecular flexibility index (Phi) is 8.34. The van der Waals surface area contributed by atoms with E-state index in [1.54, 1.807) is 0 Å². The summed E-state index contributed by atoms with van der Waals surface area (Å²) >= 11 is 0. The number of rotatable bonds is 8. The van der Waals surface area contributed by atoms with E-state index in [1.165, 1.54) is 49.2 Å². The van der Waals surface area contributed by atoms with Crippen LogP contribution in [0.2, 0.25) is 0 Å². The van der Waals surface area contributed by atoms with E-state index in [4.69, 9.17) is 0 Å². The number of benzene rings is 9. The van der Waals surface area contributed by atoms with Gasteiger partial charge in [0.25, 0.3) is 0 Å². The number of aryl methyl sites for hydroxylation is 1. The van der Waals surface area contributed by atoms with E-state index in [1.807, 2.05) is 0 Å². The van der Waals surface area contributed by atoms with Gasteiger partial charge in [-0.1, -0.05) is 109 Å². The highest BCUT2D eigenvalue weighted by Gasteiger charge is 2.19. The Morgan fingerprint density at radius 3 is 0.983 bits per heavy atom. The van der Waals surface area contributed by atoms with Crippen LogP contribution in [-0.2, 0) is 0 Å². The van der Waals surface area contributed by atoms with Gasteiger partial charge in [-0.15, -0.1) is 0 Å². The summed E-state index contributed by atoms with van der Waals surface area (Å²) in [7, 11) is 0. The van der Waals surface area contributed by atoms with Crippen LogP contribution in [0, 0.1) is 6.92 Å². The molecule has 0 saturated carbocycles. The third-order valence-electron chi connectivity index (χ3n) is 11.6. The SMILES string of the molecule is Cc1ccccc1N(c1ccccc1)c1ccc(N(c2ccc(-n3c4ccccc4c4ccccc43)cc2)c2ccc(-n3c4ccccc4c4ccccc43)cc2)cc1. The van der Waals surface area contributed by atoms with E-state index >= 15 is 0 Å². The fourth-order valence-electron chi connectivity index (χ4n) is 8.92. The van der Waals surface area contributed by atoms with Gasteiger partial charge in [-0.2, -0.15) is 0 Å². The number of nitrogens with zero attached hydrogens (tertiary/aromatic N) is 4. The Morgan fingerprint density at radius 2 is 0.576 bits per heavy atom. The molecular weight excluding hydrogens is 717 g/mol. The molecule has 0 saturated heterocycles. The molecule has 59 heavy (non-hydrogen) atoms. The molecule has 9 aromatic carbocycles. The second-order valence-corrected chi connectivity index (χ2v) is 15.1. The molecular formula is C55H40N4. The molecule has 0 amide bonds. The number of hydrogen-bond donors (Lipinski definition) is 0. The van der Waals surface area contributed by atoms with E-state index in [9.17, 15) is 0 Å². The lowest BCUT2D eigenvalue weighted by molar-refractivity contribution is 1.17. The summed E-state index contributed by atoms with van der Waals surface area (Å²) in [5.41, 5.74) is 14.9. The summed E-state index contributed by atoms with van der Waals surface area (Å²) in [5, 5.41) is 5.03.